The van der Waals surface area contributed by atoms with Crippen molar-refractivity contribution in [1.82, 2.24) is 0 Å². The zero-order valence-corrected chi connectivity index (χ0v) is 25.0. The van der Waals surface area contributed by atoms with Gasteiger partial charge in [-0.3, -0.25) is 0 Å². The van der Waals surface area contributed by atoms with E-state index in [1.807, 2.05) is 0 Å². The largest absolute Gasteiger partial charge is 0.394 e. The first-order chi connectivity index (χ1) is 18.9. The average molecular weight is 563 g/mol. The van der Waals surface area contributed by atoms with Gasteiger partial charge < -0.3 is 35.4 Å². The van der Waals surface area contributed by atoms with Crippen molar-refractivity contribution in [2.24, 2.45) is 35.0 Å². The molecular weight excluding hydrogens is 508 g/mol. The van der Waals surface area contributed by atoms with Gasteiger partial charge in [0.2, 0.25) is 0 Å². The van der Waals surface area contributed by atoms with E-state index in [0.717, 1.165) is 31.3 Å². The first-order valence-electron chi connectivity index (χ1n) is 15.6. The van der Waals surface area contributed by atoms with E-state index < -0.39 is 49.1 Å². The van der Waals surface area contributed by atoms with Crippen molar-refractivity contribution in [1.29, 1.82) is 0 Å². The van der Waals surface area contributed by atoms with Crippen LogP contribution in [0.15, 0.2) is 35.5 Å². The summed E-state index contributed by atoms with van der Waals surface area (Å²) < 4.78 is 5.89. The molecule has 0 aromatic heterocycles. The van der Waals surface area contributed by atoms with Gasteiger partial charge in [-0.15, -0.1) is 0 Å². The Balaban J connectivity index is 1.53. The molecule has 11 atom stereocenters. The van der Waals surface area contributed by atoms with Gasteiger partial charge in [-0.05, 0) is 98.0 Å². The van der Waals surface area contributed by atoms with Crippen LogP contribution in [0.5, 0.6) is 0 Å². The summed E-state index contributed by atoms with van der Waals surface area (Å²) in [7, 11) is 0. The Morgan fingerprint density at radius 1 is 1.05 bits per heavy atom. The number of fused-ring (bicyclic) bond motifs is 1. The Morgan fingerprint density at radius 3 is 2.40 bits per heavy atom. The predicted octanol–water partition coefficient (Wildman–Crippen LogP) is 3.66. The Kier molecular flexibility index (Phi) is 10.1. The molecule has 0 amide bonds. The van der Waals surface area contributed by atoms with E-state index in [2.05, 4.69) is 46.4 Å². The van der Waals surface area contributed by atoms with Gasteiger partial charge in [-0.1, -0.05) is 52.0 Å². The van der Waals surface area contributed by atoms with Crippen molar-refractivity contribution in [3.8, 4) is 0 Å². The number of allylic oxidation sites excluding steroid dienone is 3. The van der Waals surface area contributed by atoms with E-state index in [1.165, 1.54) is 24.8 Å². The van der Waals surface area contributed by atoms with Gasteiger partial charge in [0, 0.05) is 5.92 Å². The smallest absolute Gasteiger partial charge is 0.127 e. The minimum Gasteiger partial charge on any atom is -0.394 e. The van der Waals surface area contributed by atoms with Crippen LogP contribution in [-0.4, -0.2) is 80.0 Å². The predicted molar refractivity (Wildman–Crippen MR) is 155 cm³/mol. The van der Waals surface area contributed by atoms with Gasteiger partial charge in [0.1, 0.15) is 23.9 Å². The highest BCUT2D eigenvalue weighted by Gasteiger charge is 2.59. The molecule has 0 radical (unpaired) electrons. The lowest BCUT2D eigenvalue weighted by atomic mass is 9.60. The van der Waals surface area contributed by atoms with Crippen molar-refractivity contribution in [3.05, 3.63) is 35.5 Å². The highest BCUT2D eigenvalue weighted by Crippen LogP contribution is 2.60. The lowest BCUT2D eigenvalue weighted by molar-refractivity contribution is -0.150. The van der Waals surface area contributed by atoms with Crippen molar-refractivity contribution >= 4 is 0 Å². The highest BCUT2D eigenvalue weighted by atomic mass is 16.6. The summed E-state index contributed by atoms with van der Waals surface area (Å²) in [5.74, 6) is 1.42. The van der Waals surface area contributed by atoms with Gasteiger partial charge >= 0.3 is 0 Å². The molecule has 7 heteroatoms. The SMILES string of the molecule is C=C1/C(=C\C=C2CCC[C@@]3(C)C2CC[C@@H]3[C@H](C)CCC(O)C(C)C)C[C@@H](O)C[C@@H]1[C@@]1(CO)O[C@H](CO)[C@@H](O)[C@@H]1O. The Morgan fingerprint density at radius 2 is 1.77 bits per heavy atom. The van der Waals surface area contributed by atoms with E-state index in [1.54, 1.807) is 0 Å². The summed E-state index contributed by atoms with van der Waals surface area (Å²) in [6.45, 7) is 12.3. The number of hydrogen-bond acceptors (Lipinski definition) is 7. The molecule has 4 rings (SSSR count). The maximum absolute atomic E-state index is 10.9. The van der Waals surface area contributed by atoms with Crippen LogP contribution in [0.25, 0.3) is 0 Å². The van der Waals surface area contributed by atoms with Crippen LogP contribution in [0.2, 0.25) is 0 Å². The van der Waals surface area contributed by atoms with Crippen LogP contribution in [-0.2, 0) is 4.74 Å². The standard InChI is InChI=1S/C33H54O7/c1-19(2)28(37)13-8-20(3)25-11-12-26-22(7-6-14-32(25,26)5)9-10-23-15-24(36)16-27(21(23)4)33(18-35)31(39)30(38)29(17-34)40-33/h9-10,19-20,24-31,34-39H,4,6-8,11-18H2,1-3,5H3/b22-9?,23-10-/t20-,24-,25-,26?,27+,28?,29-,30-,31+,32-,33-/m1/s1. The molecular formula is C33H54O7. The van der Waals surface area contributed by atoms with E-state index >= 15 is 0 Å². The average Bonchev–Trinajstić information content (AvgIpc) is 3.41. The lowest BCUT2D eigenvalue weighted by Crippen LogP contribution is -2.54. The molecule has 0 spiro atoms. The number of hydrogen-bond donors (Lipinski definition) is 6. The monoisotopic (exact) mass is 562 g/mol. The molecule has 228 valence electrons. The fourth-order valence-electron chi connectivity index (χ4n) is 8.75. The molecule has 2 unspecified atom stereocenters. The zero-order chi connectivity index (χ0) is 29.4. The molecule has 6 N–H and O–H groups in total. The van der Waals surface area contributed by atoms with Crippen molar-refractivity contribution in [3.63, 3.8) is 0 Å². The summed E-state index contributed by atoms with van der Waals surface area (Å²) in [5, 5.41) is 62.4. The Labute approximate surface area is 240 Å². The molecule has 4 aliphatic rings. The minimum absolute atomic E-state index is 0.234. The number of rotatable bonds is 9. The topological polar surface area (TPSA) is 131 Å². The molecule has 1 heterocycles. The van der Waals surface area contributed by atoms with Gasteiger partial charge in [0.05, 0.1) is 25.4 Å². The highest BCUT2D eigenvalue weighted by molar-refractivity contribution is 5.40. The third-order valence-electron chi connectivity index (χ3n) is 11.3. The van der Waals surface area contributed by atoms with Crippen molar-refractivity contribution in [2.75, 3.05) is 13.2 Å². The van der Waals surface area contributed by atoms with Crippen molar-refractivity contribution in [2.45, 2.75) is 122 Å². The summed E-state index contributed by atoms with van der Waals surface area (Å²) in [5.41, 5.74) is 1.74. The van der Waals surface area contributed by atoms with Crippen molar-refractivity contribution < 1.29 is 35.4 Å². The summed E-state index contributed by atoms with van der Waals surface area (Å²) in [6, 6.07) is 0. The zero-order valence-electron chi connectivity index (χ0n) is 25.0. The van der Waals surface area contributed by atoms with Crippen LogP contribution in [0.1, 0.15) is 85.5 Å². The number of ether oxygens (including phenoxy) is 1. The van der Waals surface area contributed by atoms with Crippen LogP contribution in [0.4, 0.5) is 0 Å². The first kappa shape index (κ1) is 31.9. The van der Waals surface area contributed by atoms with Gasteiger partial charge in [0.25, 0.3) is 0 Å². The second kappa shape index (κ2) is 12.7. The molecule has 40 heavy (non-hydrogen) atoms. The Bertz CT molecular complexity index is 958. The molecule has 0 aromatic carbocycles. The molecule has 7 nitrogen and oxygen atoms in total. The maximum Gasteiger partial charge on any atom is 0.127 e. The summed E-state index contributed by atoms with van der Waals surface area (Å²) in [6.07, 6.45) is 8.06. The second-order valence-corrected chi connectivity index (χ2v) is 14.0. The Hall–Kier alpha value is -1.06. The molecule has 3 saturated carbocycles. The first-order valence-corrected chi connectivity index (χ1v) is 15.6. The quantitative estimate of drug-likeness (QED) is 0.253. The van der Waals surface area contributed by atoms with E-state index in [-0.39, 0.29) is 17.9 Å². The second-order valence-electron chi connectivity index (χ2n) is 14.0. The fourth-order valence-corrected chi connectivity index (χ4v) is 8.75. The van der Waals surface area contributed by atoms with Gasteiger partial charge in [0.15, 0.2) is 0 Å². The van der Waals surface area contributed by atoms with E-state index in [0.29, 0.717) is 35.7 Å². The van der Waals surface area contributed by atoms with Gasteiger partial charge in [-0.25, -0.2) is 0 Å². The molecule has 1 aliphatic heterocycles. The van der Waals surface area contributed by atoms with Gasteiger partial charge in [-0.2, -0.15) is 0 Å². The molecule has 1 saturated heterocycles. The fraction of sp³-hybridized carbons (Fsp3) is 0.818. The molecule has 3 aliphatic carbocycles. The minimum atomic E-state index is -1.53. The van der Waals surface area contributed by atoms with E-state index in [9.17, 15) is 30.6 Å². The summed E-state index contributed by atoms with van der Waals surface area (Å²) >= 11 is 0. The molecule has 0 bridgehead atoms. The molecule has 4 fully saturated rings. The number of aliphatic hydroxyl groups is 6. The van der Waals surface area contributed by atoms with Crippen LogP contribution in [0, 0.1) is 35.0 Å². The third-order valence-corrected chi connectivity index (χ3v) is 11.3. The molecule has 0 aromatic rings. The van der Waals surface area contributed by atoms with Crippen LogP contribution in [0.3, 0.4) is 0 Å². The number of aliphatic hydroxyl groups excluding tert-OH is 6. The lowest BCUT2D eigenvalue weighted by Gasteiger charge is -2.45. The third kappa shape index (κ3) is 5.77. The normalized spacial score (nSPS) is 44.0. The van der Waals surface area contributed by atoms with Crippen LogP contribution >= 0.6 is 0 Å². The van der Waals surface area contributed by atoms with E-state index in [4.69, 9.17) is 4.74 Å². The summed E-state index contributed by atoms with van der Waals surface area (Å²) in [4.78, 5) is 0. The maximum atomic E-state index is 10.9. The van der Waals surface area contributed by atoms with Crippen LogP contribution < -0.4 is 0 Å².